The number of amides is 1. The highest BCUT2D eigenvalue weighted by Crippen LogP contribution is 2.15. The van der Waals surface area contributed by atoms with Gasteiger partial charge in [0.15, 0.2) is 0 Å². The van der Waals surface area contributed by atoms with E-state index >= 15 is 0 Å². The van der Waals surface area contributed by atoms with Crippen LogP contribution in [0.2, 0.25) is 0 Å². The fraction of sp³-hybridized carbons (Fsp3) is 0.278. The van der Waals surface area contributed by atoms with E-state index in [-0.39, 0.29) is 12.5 Å². The van der Waals surface area contributed by atoms with Gasteiger partial charge in [-0.1, -0.05) is 18.2 Å². The summed E-state index contributed by atoms with van der Waals surface area (Å²) >= 11 is 0. The first-order chi connectivity index (χ1) is 10.6. The maximum Gasteiger partial charge on any atom is 0.250 e. The van der Waals surface area contributed by atoms with Crippen molar-refractivity contribution < 1.29 is 14.3 Å². The second-order valence-electron chi connectivity index (χ2n) is 5.19. The first kappa shape index (κ1) is 16.0. The fourth-order valence-corrected chi connectivity index (χ4v) is 2.04. The molecule has 0 unspecified atom stereocenters. The lowest BCUT2D eigenvalue weighted by Gasteiger charge is -2.09. The number of rotatable bonds is 6. The number of anilines is 1. The van der Waals surface area contributed by atoms with E-state index in [1.54, 1.807) is 7.11 Å². The molecule has 4 heteroatoms. The van der Waals surface area contributed by atoms with Crippen LogP contribution in [0.15, 0.2) is 42.5 Å². The van der Waals surface area contributed by atoms with E-state index in [4.69, 9.17) is 9.47 Å². The average Bonchev–Trinajstić information content (AvgIpc) is 2.51. The molecular formula is C18H21NO3. The molecule has 0 aliphatic carbocycles. The van der Waals surface area contributed by atoms with Gasteiger partial charge in [-0.2, -0.15) is 0 Å². The lowest BCUT2D eigenvalue weighted by Crippen LogP contribution is -2.18. The molecule has 1 N–H and O–H groups in total. The van der Waals surface area contributed by atoms with Crippen molar-refractivity contribution in [3.8, 4) is 5.75 Å². The highest BCUT2D eigenvalue weighted by Gasteiger charge is 2.04. The smallest absolute Gasteiger partial charge is 0.250 e. The van der Waals surface area contributed by atoms with Crippen molar-refractivity contribution in [2.45, 2.75) is 20.5 Å². The van der Waals surface area contributed by atoms with Crippen LogP contribution in [-0.2, 0) is 16.1 Å². The number of ether oxygens (including phenoxy) is 2. The molecule has 0 saturated carbocycles. The number of hydrogen-bond donors (Lipinski definition) is 1. The molecule has 0 atom stereocenters. The van der Waals surface area contributed by atoms with Gasteiger partial charge in [0.2, 0.25) is 5.91 Å². The number of nitrogens with one attached hydrogen (secondary N) is 1. The monoisotopic (exact) mass is 299 g/mol. The molecular weight excluding hydrogens is 278 g/mol. The molecule has 0 aliphatic rings. The second kappa shape index (κ2) is 7.61. The summed E-state index contributed by atoms with van der Waals surface area (Å²) in [7, 11) is 1.62. The van der Waals surface area contributed by atoms with Crippen molar-refractivity contribution in [1.29, 1.82) is 0 Å². The third-order valence-corrected chi connectivity index (χ3v) is 3.43. The number of benzene rings is 2. The van der Waals surface area contributed by atoms with Gasteiger partial charge in [0.1, 0.15) is 12.4 Å². The van der Waals surface area contributed by atoms with Crippen molar-refractivity contribution in [1.82, 2.24) is 0 Å². The molecule has 2 aromatic rings. The zero-order valence-corrected chi connectivity index (χ0v) is 13.2. The molecule has 0 saturated heterocycles. The number of aryl methyl sites for hydroxylation is 2. The summed E-state index contributed by atoms with van der Waals surface area (Å²) in [5.41, 5.74) is 4.11. The van der Waals surface area contributed by atoms with E-state index in [1.165, 1.54) is 5.56 Å². The van der Waals surface area contributed by atoms with E-state index in [0.29, 0.717) is 6.61 Å². The van der Waals surface area contributed by atoms with E-state index < -0.39 is 0 Å². The van der Waals surface area contributed by atoms with Crippen LogP contribution in [0.25, 0.3) is 0 Å². The minimum atomic E-state index is -0.161. The van der Waals surface area contributed by atoms with Crippen LogP contribution in [0.4, 0.5) is 5.69 Å². The highest BCUT2D eigenvalue weighted by atomic mass is 16.5. The van der Waals surface area contributed by atoms with Crippen molar-refractivity contribution in [3.05, 3.63) is 59.2 Å². The lowest BCUT2D eigenvalue weighted by molar-refractivity contribution is -0.121. The van der Waals surface area contributed by atoms with E-state index in [9.17, 15) is 4.79 Å². The van der Waals surface area contributed by atoms with Crippen molar-refractivity contribution >= 4 is 11.6 Å². The summed E-state index contributed by atoms with van der Waals surface area (Å²) in [6.45, 7) is 4.45. The highest BCUT2D eigenvalue weighted by molar-refractivity contribution is 5.91. The van der Waals surface area contributed by atoms with Crippen molar-refractivity contribution in [2.24, 2.45) is 0 Å². The first-order valence-corrected chi connectivity index (χ1v) is 7.16. The maximum atomic E-state index is 11.9. The normalized spacial score (nSPS) is 10.3. The van der Waals surface area contributed by atoms with Gasteiger partial charge >= 0.3 is 0 Å². The standard InChI is InChI=1S/C18H21NO3/c1-13-7-8-16(9-14(13)2)19-18(20)12-22-11-15-5-4-6-17(10-15)21-3/h4-10H,11-12H2,1-3H3,(H,19,20). The van der Waals surface area contributed by atoms with Gasteiger partial charge in [0, 0.05) is 5.69 Å². The predicted octanol–water partition coefficient (Wildman–Crippen LogP) is 3.47. The molecule has 0 spiro atoms. The van der Waals surface area contributed by atoms with Crippen LogP contribution in [0.1, 0.15) is 16.7 Å². The van der Waals surface area contributed by atoms with Gasteiger partial charge in [-0.3, -0.25) is 4.79 Å². The summed E-state index contributed by atoms with van der Waals surface area (Å²) in [4.78, 5) is 11.9. The topological polar surface area (TPSA) is 47.6 Å². The molecule has 0 radical (unpaired) electrons. The SMILES string of the molecule is COc1cccc(COCC(=O)Nc2ccc(C)c(C)c2)c1. The molecule has 22 heavy (non-hydrogen) atoms. The summed E-state index contributed by atoms with van der Waals surface area (Å²) in [5.74, 6) is 0.617. The molecule has 0 aliphatic heterocycles. The van der Waals surface area contributed by atoms with Crippen LogP contribution in [0.5, 0.6) is 5.75 Å². The van der Waals surface area contributed by atoms with Crippen LogP contribution in [-0.4, -0.2) is 19.6 Å². The molecule has 2 aromatic carbocycles. The fourth-order valence-electron chi connectivity index (χ4n) is 2.04. The molecule has 0 aromatic heterocycles. The number of carbonyl (C=O) groups excluding carboxylic acids is 1. The molecule has 2 rings (SSSR count). The zero-order chi connectivity index (χ0) is 15.9. The number of methoxy groups -OCH3 is 1. The number of carbonyl (C=O) groups is 1. The maximum absolute atomic E-state index is 11.9. The Labute approximate surface area is 131 Å². The summed E-state index contributed by atoms with van der Waals surface area (Å²) < 4.78 is 10.6. The Morgan fingerprint density at radius 3 is 2.64 bits per heavy atom. The third-order valence-electron chi connectivity index (χ3n) is 3.43. The number of hydrogen-bond acceptors (Lipinski definition) is 3. The largest absolute Gasteiger partial charge is 0.497 e. The summed E-state index contributed by atoms with van der Waals surface area (Å²) in [6.07, 6.45) is 0. The molecule has 0 heterocycles. The summed E-state index contributed by atoms with van der Waals surface area (Å²) in [6, 6.07) is 13.4. The Morgan fingerprint density at radius 2 is 1.91 bits per heavy atom. The van der Waals surface area contributed by atoms with Crippen LogP contribution in [0, 0.1) is 13.8 Å². The summed E-state index contributed by atoms with van der Waals surface area (Å²) in [5, 5.41) is 2.83. The van der Waals surface area contributed by atoms with Crippen molar-refractivity contribution in [2.75, 3.05) is 19.0 Å². The van der Waals surface area contributed by atoms with Crippen molar-refractivity contribution in [3.63, 3.8) is 0 Å². The van der Waals surface area contributed by atoms with Crippen LogP contribution < -0.4 is 10.1 Å². The predicted molar refractivity (Wildman–Crippen MR) is 87.2 cm³/mol. The Morgan fingerprint density at radius 1 is 1.09 bits per heavy atom. The second-order valence-corrected chi connectivity index (χ2v) is 5.19. The Balaban J connectivity index is 1.81. The molecule has 0 fully saturated rings. The Hall–Kier alpha value is -2.33. The molecule has 4 nitrogen and oxygen atoms in total. The molecule has 1 amide bonds. The first-order valence-electron chi connectivity index (χ1n) is 7.16. The van der Waals surface area contributed by atoms with Crippen LogP contribution >= 0.6 is 0 Å². The van der Waals surface area contributed by atoms with E-state index in [1.807, 2.05) is 56.3 Å². The van der Waals surface area contributed by atoms with Gasteiger partial charge in [0.05, 0.1) is 13.7 Å². The van der Waals surface area contributed by atoms with Gasteiger partial charge in [-0.25, -0.2) is 0 Å². The minimum absolute atomic E-state index is 0.0180. The zero-order valence-electron chi connectivity index (χ0n) is 13.2. The molecule has 116 valence electrons. The molecule has 0 bridgehead atoms. The quantitative estimate of drug-likeness (QED) is 0.888. The lowest BCUT2D eigenvalue weighted by atomic mass is 10.1. The third kappa shape index (κ3) is 4.60. The minimum Gasteiger partial charge on any atom is -0.497 e. The van der Waals surface area contributed by atoms with E-state index in [2.05, 4.69) is 5.32 Å². The van der Waals surface area contributed by atoms with Gasteiger partial charge in [-0.05, 0) is 54.8 Å². The Bertz CT molecular complexity index is 653. The van der Waals surface area contributed by atoms with Gasteiger partial charge in [-0.15, -0.1) is 0 Å². The van der Waals surface area contributed by atoms with Gasteiger partial charge < -0.3 is 14.8 Å². The van der Waals surface area contributed by atoms with Crippen LogP contribution in [0.3, 0.4) is 0 Å². The average molecular weight is 299 g/mol. The van der Waals surface area contributed by atoms with Gasteiger partial charge in [0.25, 0.3) is 0 Å². The Kier molecular flexibility index (Phi) is 5.55. The van der Waals surface area contributed by atoms with E-state index in [0.717, 1.165) is 22.6 Å².